The quantitative estimate of drug-likeness (QED) is 0.336. The van der Waals surface area contributed by atoms with Crippen LogP contribution in [0, 0.1) is 13.8 Å². The zero-order chi connectivity index (χ0) is 29.3. The molecule has 2 heterocycles. The second-order valence-electron chi connectivity index (χ2n) is 9.91. The molecule has 0 spiro atoms. The monoisotopic (exact) mass is 555 g/mol. The number of allylic oxidation sites excluding steroid dienone is 2. The number of ether oxygens (including phenoxy) is 2. The van der Waals surface area contributed by atoms with E-state index in [2.05, 4.69) is 9.84 Å². The van der Waals surface area contributed by atoms with Crippen LogP contribution in [0.4, 0.5) is 13.2 Å². The molecule has 40 heavy (non-hydrogen) atoms. The molecule has 2 N–H and O–H groups in total. The Kier molecular flexibility index (Phi) is 5.97. The molecular weight excluding hydrogens is 531 g/mol. The molecule has 5 rings (SSSR count). The second-order valence-corrected chi connectivity index (χ2v) is 9.91. The van der Waals surface area contributed by atoms with Crippen LogP contribution >= 0.6 is 0 Å². The maximum atomic E-state index is 14.1. The molecule has 0 saturated heterocycles. The first-order valence-corrected chi connectivity index (χ1v) is 12.0. The van der Waals surface area contributed by atoms with E-state index in [1.165, 1.54) is 42.1 Å². The van der Waals surface area contributed by atoms with Crippen LogP contribution in [0.25, 0.3) is 11.8 Å². The van der Waals surface area contributed by atoms with Gasteiger partial charge in [0.15, 0.2) is 11.6 Å². The van der Waals surface area contributed by atoms with Crippen LogP contribution in [-0.4, -0.2) is 56.9 Å². The highest BCUT2D eigenvalue weighted by molar-refractivity contribution is 6.16. The molecule has 1 atom stereocenters. The molecule has 0 bridgehead atoms. The predicted molar refractivity (Wildman–Crippen MR) is 137 cm³/mol. The molecule has 0 radical (unpaired) electrons. The number of halogens is 3. The fourth-order valence-corrected chi connectivity index (χ4v) is 4.98. The molecule has 12 heteroatoms. The van der Waals surface area contributed by atoms with Crippen molar-refractivity contribution in [3.8, 4) is 28.7 Å². The smallest absolute Gasteiger partial charge is 0.507 e. The van der Waals surface area contributed by atoms with Crippen molar-refractivity contribution in [3.05, 3.63) is 75.9 Å². The number of carbonyl (C=O) groups excluding carboxylic acids is 2. The van der Waals surface area contributed by atoms with Crippen LogP contribution < -0.4 is 9.47 Å². The summed E-state index contributed by atoms with van der Waals surface area (Å²) in [5, 5.41) is 26.3. The summed E-state index contributed by atoms with van der Waals surface area (Å²) in [5.41, 5.74) is -0.490. The number of aromatic hydroxyl groups is 2. The van der Waals surface area contributed by atoms with Crippen LogP contribution in [-0.2, 0) is 5.41 Å². The predicted octanol–water partition coefficient (Wildman–Crippen LogP) is 4.94. The number of benzene rings is 2. The number of Topliss-reactive ketones (excluding diaryl/α,β-unsaturated/α-hetero) is 1. The minimum atomic E-state index is -4.85. The Morgan fingerprint density at radius 3 is 2.40 bits per heavy atom. The maximum absolute atomic E-state index is 14.1. The molecule has 208 valence electrons. The number of phenolic OH excluding ortho intramolecular Hbond substituents is 2. The Morgan fingerprint density at radius 2 is 1.80 bits per heavy atom. The third-order valence-corrected chi connectivity index (χ3v) is 6.97. The number of rotatable bonds is 5. The normalized spacial score (nSPS) is 17.7. The van der Waals surface area contributed by atoms with Crippen molar-refractivity contribution in [1.82, 2.24) is 14.7 Å². The molecule has 1 unspecified atom stereocenters. The second kappa shape index (κ2) is 8.90. The number of ketones is 2. The first-order valence-electron chi connectivity index (χ1n) is 12.0. The molecule has 2 aromatic carbocycles. The van der Waals surface area contributed by atoms with Gasteiger partial charge in [-0.25, -0.2) is 4.68 Å². The van der Waals surface area contributed by atoms with E-state index in [9.17, 15) is 33.0 Å². The van der Waals surface area contributed by atoms with Gasteiger partial charge in [-0.15, -0.1) is 13.2 Å². The molecule has 1 aliphatic heterocycles. The molecule has 0 fully saturated rings. The van der Waals surface area contributed by atoms with Gasteiger partial charge in [-0.3, -0.25) is 9.59 Å². The number of aryl methyl sites for hydroxylation is 1. The summed E-state index contributed by atoms with van der Waals surface area (Å²) in [6.07, 6.45) is -0.589. The van der Waals surface area contributed by atoms with Gasteiger partial charge in [-0.1, -0.05) is 0 Å². The lowest BCUT2D eigenvalue weighted by atomic mass is 9.71. The third-order valence-electron chi connectivity index (χ3n) is 6.97. The van der Waals surface area contributed by atoms with Crippen LogP contribution in [0.2, 0.25) is 0 Å². The Bertz CT molecular complexity index is 1650. The van der Waals surface area contributed by atoms with Gasteiger partial charge in [0, 0.05) is 38.0 Å². The Balaban J connectivity index is 1.66. The fourth-order valence-electron chi connectivity index (χ4n) is 4.98. The van der Waals surface area contributed by atoms with Crippen molar-refractivity contribution in [1.29, 1.82) is 0 Å². The van der Waals surface area contributed by atoms with Gasteiger partial charge >= 0.3 is 6.36 Å². The number of alkyl halides is 3. The van der Waals surface area contributed by atoms with Gasteiger partial charge in [-0.2, -0.15) is 5.10 Å². The number of hydrogen-bond acceptors (Lipinski definition) is 8. The van der Waals surface area contributed by atoms with E-state index < -0.39 is 34.8 Å². The molecule has 1 aromatic heterocycles. The number of carbonyl (C=O) groups is 2. The summed E-state index contributed by atoms with van der Waals surface area (Å²) in [4.78, 5) is 28.9. The van der Waals surface area contributed by atoms with Crippen molar-refractivity contribution >= 4 is 17.6 Å². The zero-order valence-electron chi connectivity index (χ0n) is 22.0. The highest BCUT2D eigenvalue weighted by Crippen LogP contribution is 2.58. The number of hydrogen-bond donors (Lipinski definition) is 2. The highest BCUT2D eigenvalue weighted by Gasteiger charge is 2.55. The lowest BCUT2D eigenvalue weighted by Crippen LogP contribution is -2.36. The highest BCUT2D eigenvalue weighted by atomic mass is 19.4. The summed E-state index contributed by atoms with van der Waals surface area (Å²) < 4.78 is 49.1. The van der Waals surface area contributed by atoms with Crippen molar-refractivity contribution in [3.63, 3.8) is 0 Å². The van der Waals surface area contributed by atoms with Gasteiger partial charge in [0.05, 0.1) is 28.2 Å². The van der Waals surface area contributed by atoms with Crippen molar-refractivity contribution < 1.29 is 42.4 Å². The molecule has 0 saturated carbocycles. The van der Waals surface area contributed by atoms with E-state index in [1.54, 1.807) is 32.8 Å². The summed E-state index contributed by atoms with van der Waals surface area (Å²) in [6.45, 7) is 4.59. The summed E-state index contributed by atoms with van der Waals surface area (Å²) >= 11 is 0. The number of aromatic nitrogens is 2. The van der Waals surface area contributed by atoms with Crippen LogP contribution in [0.15, 0.2) is 42.3 Å². The van der Waals surface area contributed by atoms with E-state index >= 15 is 0 Å². The average Bonchev–Trinajstić information content (AvgIpc) is 3.35. The van der Waals surface area contributed by atoms with Crippen LogP contribution in [0.5, 0.6) is 23.0 Å². The molecule has 0 amide bonds. The van der Waals surface area contributed by atoms with E-state index in [4.69, 9.17) is 4.74 Å². The summed E-state index contributed by atoms with van der Waals surface area (Å²) in [5.74, 6) is -2.38. The number of nitrogens with zero attached hydrogens (tertiary/aromatic N) is 3. The largest absolute Gasteiger partial charge is 0.573 e. The van der Waals surface area contributed by atoms with Crippen LogP contribution in [0.1, 0.15) is 50.2 Å². The van der Waals surface area contributed by atoms with E-state index in [0.717, 1.165) is 12.1 Å². The fraction of sp³-hybridized carbons (Fsp3) is 0.250. The first kappa shape index (κ1) is 26.9. The molecular formula is C28H24F3N3O6. The minimum Gasteiger partial charge on any atom is -0.507 e. The summed E-state index contributed by atoms with van der Waals surface area (Å²) in [6, 6.07) is 4.96. The SMILES string of the molecule is Cc1nn(-c2ccc(OC(F)(F)F)cc2)c2c1C(=O)C1(C)C(=C2)Oc2c(C(=O)C=CN(C)C)c(O)c(C)c(O)c21. The van der Waals surface area contributed by atoms with Crippen molar-refractivity contribution in [2.45, 2.75) is 32.5 Å². The van der Waals surface area contributed by atoms with Crippen molar-refractivity contribution in [2.24, 2.45) is 0 Å². The van der Waals surface area contributed by atoms with Crippen LogP contribution in [0.3, 0.4) is 0 Å². The maximum Gasteiger partial charge on any atom is 0.573 e. The van der Waals surface area contributed by atoms with E-state index in [1.807, 2.05) is 0 Å². The minimum absolute atomic E-state index is 0.0126. The molecule has 1 aliphatic carbocycles. The average molecular weight is 556 g/mol. The lowest BCUT2D eigenvalue weighted by molar-refractivity contribution is -0.274. The third kappa shape index (κ3) is 3.98. The Hall–Kier alpha value is -4.74. The van der Waals surface area contributed by atoms with Gasteiger partial charge in [0.2, 0.25) is 0 Å². The first-order chi connectivity index (χ1) is 18.6. The van der Waals surface area contributed by atoms with E-state index in [0.29, 0.717) is 17.1 Å². The van der Waals surface area contributed by atoms with Gasteiger partial charge < -0.3 is 24.6 Å². The van der Waals surface area contributed by atoms with E-state index in [-0.39, 0.29) is 39.5 Å². The summed E-state index contributed by atoms with van der Waals surface area (Å²) in [7, 11) is 3.43. The van der Waals surface area contributed by atoms with Gasteiger partial charge in [0.25, 0.3) is 0 Å². The molecule has 9 nitrogen and oxygen atoms in total. The topological polar surface area (TPSA) is 114 Å². The van der Waals surface area contributed by atoms with Gasteiger partial charge in [-0.05, 0) is 45.0 Å². The standard InChI is InChI=1S/C28H24F3N3O6/c1-13-23(36)21(18(35)10-11-33(4)5)25-22(24(13)37)27(3)19(39-25)12-17-20(26(27)38)14(2)32-34(17)15-6-8-16(9-7-15)40-28(29,30)31/h6-12,36-37H,1-5H3. The number of fused-ring (bicyclic) bond motifs is 4. The zero-order valence-corrected chi connectivity index (χ0v) is 22.0. The lowest BCUT2D eigenvalue weighted by Gasteiger charge is -2.27. The number of phenols is 2. The Labute approximate surface area is 226 Å². The Morgan fingerprint density at radius 1 is 1.15 bits per heavy atom. The molecule has 2 aliphatic rings. The van der Waals surface area contributed by atoms with Crippen molar-refractivity contribution in [2.75, 3.05) is 14.1 Å². The van der Waals surface area contributed by atoms with Gasteiger partial charge in [0.1, 0.15) is 39.7 Å². The molecule has 3 aromatic rings.